The van der Waals surface area contributed by atoms with Crippen molar-refractivity contribution in [2.24, 2.45) is 0 Å². The average Bonchev–Trinajstić information content (AvgIpc) is 2.64. The maximum absolute atomic E-state index is 12.3. The third kappa shape index (κ3) is 4.57. The van der Waals surface area contributed by atoms with Gasteiger partial charge in [-0.25, -0.2) is 0 Å². The molecule has 0 aliphatic carbocycles. The first-order valence-corrected chi connectivity index (χ1v) is 8.73. The van der Waals surface area contributed by atoms with Gasteiger partial charge in [0.2, 0.25) is 5.91 Å². The Labute approximate surface area is 149 Å². The molecular formula is C20H25N3O2. The maximum atomic E-state index is 12.3. The number of pyridine rings is 1. The molecule has 0 saturated carbocycles. The molecule has 1 N–H and O–H groups in total. The number of carbonyl (C=O) groups is 1. The first-order chi connectivity index (χ1) is 12.2. The van der Waals surface area contributed by atoms with E-state index in [0.717, 1.165) is 42.9 Å². The average molecular weight is 339 g/mol. The number of carbonyl (C=O) groups excluding carboxylic acids is 1. The summed E-state index contributed by atoms with van der Waals surface area (Å²) in [6, 6.07) is 11.8. The van der Waals surface area contributed by atoms with Crippen LogP contribution < -0.4 is 10.1 Å². The molecule has 5 nitrogen and oxygen atoms in total. The first-order valence-electron chi connectivity index (χ1n) is 8.73. The highest BCUT2D eigenvalue weighted by Crippen LogP contribution is 2.26. The van der Waals surface area contributed by atoms with E-state index in [1.807, 2.05) is 43.5 Å². The molecule has 25 heavy (non-hydrogen) atoms. The van der Waals surface area contributed by atoms with Crippen molar-refractivity contribution in [3.05, 3.63) is 53.9 Å². The molecule has 5 heteroatoms. The van der Waals surface area contributed by atoms with Crippen molar-refractivity contribution in [2.45, 2.75) is 25.7 Å². The number of nitrogens with zero attached hydrogens (tertiary/aromatic N) is 2. The monoisotopic (exact) mass is 339 g/mol. The van der Waals surface area contributed by atoms with Gasteiger partial charge in [0.25, 0.3) is 0 Å². The normalized spacial score (nSPS) is 15.8. The fourth-order valence-corrected chi connectivity index (χ4v) is 3.30. The Balaban J connectivity index is 1.49. The quantitative estimate of drug-likeness (QED) is 0.909. The van der Waals surface area contributed by atoms with Crippen LogP contribution in [-0.2, 0) is 4.79 Å². The van der Waals surface area contributed by atoms with Crippen LogP contribution in [0.2, 0.25) is 0 Å². The number of nitrogens with one attached hydrogen (secondary N) is 1. The van der Waals surface area contributed by atoms with E-state index < -0.39 is 0 Å². The highest BCUT2D eigenvalue weighted by Gasteiger charge is 2.22. The van der Waals surface area contributed by atoms with Gasteiger partial charge in [0.05, 0.1) is 13.7 Å². The van der Waals surface area contributed by atoms with Crippen molar-refractivity contribution in [2.75, 3.05) is 32.1 Å². The molecule has 0 spiro atoms. The lowest BCUT2D eigenvalue weighted by molar-refractivity contribution is -0.117. The number of hydrogen-bond acceptors (Lipinski definition) is 4. The molecule has 3 rings (SSSR count). The molecule has 1 amide bonds. The minimum Gasteiger partial charge on any atom is -0.497 e. The number of amides is 1. The van der Waals surface area contributed by atoms with Gasteiger partial charge in [-0.3, -0.25) is 14.7 Å². The van der Waals surface area contributed by atoms with E-state index in [4.69, 9.17) is 4.74 Å². The minimum absolute atomic E-state index is 0.0320. The van der Waals surface area contributed by atoms with Crippen molar-refractivity contribution in [1.29, 1.82) is 0 Å². The number of piperidine rings is 1. The Morgan fingerprint density at radius 1 is 1.28 bits per heavy atom. The van der Waals surface area contributed by atoms with Gasteiger partial charge >= 0.3 is 0 Å². The summed E-state index contributed by atoms with van der Waals surface area (Å²) in [6.07, 6.45) is 3.95. The summed E-state index contributed by atoms with van der Waals surface area (Å²) >= 11 is 0. The third-order valence-electron chi connectivity index (χ3n) is 4.77. The fraction of sp³-hybridized carbons (Fsp3) is 0.400. The number of aryl methyl sites for hydroxylation is 1. The van der Waals surface area contributed by atoms with Gasteiger partial charge in [0, 0.05) is 23.5 Å². The Bertz CT molecular complexity index is 710. The molecule has 0 atom stereocenters. The van der Waals surface area contributed by atoms with Crippen molar-refractivity contribution in [3.8, 4) is 5.75 Å². The zero-order valence-corrected chi connectivity index (χ0v) is 14.9. The highest BCUT2D eigenvalue weighted by atomic mass is 16.5. The van der Waals surface area contributed by atoms with Crippen LogP contribution in [0.3, 0.4) is 0 Å². The van der Waals surface area contributed by atoms with Crippen LogP contribution in [0, 0.1) is 6.92 Å². The lowest BCUT2D eigenvalue weighted by Gasteiger charge is -2.31. The van der Waals surface area contributed by atoms with E-state index in [0.29, 0.717) is 12.5 Å². The number of likely N-dealkylation sites (tertiary alicyclic amines) is 1. The predicted octanol–water partition coefficient (Wildman–Crippen LogP) is 3.22. The molecule has 0 bridgehead atoms. The summed E-state index contributed by atoms with van der Waals surface area (Å²) in [6.45, 7) is 4.25. The van der Waals surface area contributed by atoms with Crippen LogP contribution in [0.15, 0.2) is 42.6 Å². The molecule has 1 aliphatic rings. The summed E-state index contributed by atoms with van der Waals surface area (Å²) in [5, 5.41) is 3.00. The molecule has 2 aromatic rings. The first kappa shape index (κ1) is 17.4. The molecule has 1 aromatic carbocycles. The van der Waals surface area contributed by atoms with Crippen molar-refractivity contribution in [1.82, 2.24) is 9.88 Å². The Morgan fingerprint density at radius 2 is 2.08 bits per heavy atom. The van der Waals surface area contributed by atoms with Crippen LogP contribution in [0.4, 0.5) is 5.69 Å². The summed E-state index contributed by atoms with van der Waals surface area (Å²) < 4.78 is 5.20. The lowest BCUT2D eigenvalue weighted by Crippen LogP contribution is -2.38. The SMILES string of the molecule is COc1ccc(NC(=O)CN2CCC(c3ccccn3)CC2)c(C)c1. The number of hydrogen-bond donors (Lipinski definition) is 1. The molecule has 1 aliphatic heterocycles. The van der Waals surface area contributed by atoms with Gasteiger partial charge in [-0.15, -0.1) is 0 Å². The summed E-state index contributed by atoms with van der Waals surface area (Å²) in [5.41, 5.74) is 3.01. The zero-order valence-electron chi connectivity index (χ0n) is 14.9. The molecular weight excluding hydrogens is 314 g/mol. The largest absolute Gasteiger partial charge is 0.497 e. The van der Waals surface area contributed by atoms with Crippen LogP contribution in [0.1, 0.15) is 30.0 Å². The van der Waals surface area contributed by atoms with Crippen LogP contribution >= 0.6 is 0 Å². The van der Waals surface area contributed by atoms with Gasteiger partial charge in [0.15, 0.2) is 0 Å². The second-order valence-corrected chi connectivity index (χ2v) is 6.53. The van der Waals surface area contributed by atoms with Crippen molar-refractivity contribution >= 4 is 11.6 Å². The van der Waals surface area contributed by atoms with Gasteiger partial charge in [-0.1, -0.05) is 6.07 Å². The van der Waals surface area contributed by atoms with E-state index in [9.17, 15) is 4.79 Å². The van der Waals surface area contributed by atoms with E-state index in [-0.39, 0.29) is 5.91 Å². The fourth-order valence-electron chi connectivity index (χ4n) is 3.30. The summed E-state index contributed by atoms with van der Waals surface area (Å²) in [4.78, 5) is 19.0. The van der Waals surface area contributed by atoms with Gasteiger partial charge in [-0.05, 0) is 68.8 Å². The second-order valence-electron chi connectivity index (χ2n) is 6.53. The van der Waals surface area contributed by atoms with Crippen molar-refractivity contribution in [3.63, 3.8) is 0 Å². The topological polar surface area (TPSA) is 54.5 Å². The van der Waals surface area contributed by atoms with Crippen LogP contribution in [0.5, 0.6) is 5.75 Å². The Morgan fingerprint density at radius 3 is 2.72 bits per heavy atom. The van der Waals surface area contributed by atoms with E-state index in [2.05, 4.69) is 21.3 Å². The van der Waals surface area contributed by atoms with E-state index in [1.165, 1.54) is 5.69 Å². The summed E-state index contributed by atoms with van der Waals surface area (Å²) in [7, 11) is 1.64. The maximum Gasteiger partial charge on any atom is 0.238 e. The van der Waals surface area contributed by atoms with E-state index in [1.54, 1.807) is 7.11 Å². The standard InChI is InChI=1S/C20H25N3O2/c1-15-13-17(25-2)6-7-18(15)22-20(24)14-23-11-8-16(9-12-23)19-5-3-4-10-21-19/h3-7,10,13,16H,8-9,11-12,14H2,1-2H3,(H,22,24). The second kappa shape index (κ2) is 8.12. The number of ether oxygens (including phenoxy) is 1. The molecule has 1 aromatic heterocycles. The van der Waals surface area contributed by atoms with Gasteiger partial charge in [0.1, 0.15) is 5.75 Å². The Hall–Kier alpha value is -2.40. The van der Waals surface area contributed by atoms with Crippen molar-refractivity contribution < 1.29 is 9.53 Å². The number of anilines is 1. The van der Waals surface area contributed by atoms with Crippen LogP contribution in [0.25, 0.3) is 0 Å². The predicted molar refractivity (Wildman–Crippen MR) is 99.0 cm³/mol. The molecule has 2 heterocycles. The Kier molecular flexibility index (Phi) is 5.66. The molecule has 1 saturated heterocycles. The third-order valence-corrected chi connectivity index (χ3v) is 4.77. The molecule has 132 valence electrons. The minimum atomic E-state index is 0.0320. The van der Waals surface area contributed by atoms with Crippen LogP contribution in [-0.4, -0.2) is 42.5 Å². The zero-order chi connectivity index (χ0) is 17.6. The molecule has 0 radical (unpaired) electrons. The molecule has 0 unspecified atom stereocenters. The van der Waals surface area contributed by atoms with Gasteiger partial charge < -0.3 is 10.1 Å². The number of benzene rings is 1. The number of rotatable bonds is 5. The van der Waals surface area contributed by atoms with Gasteiger partial charge in [-0.2, -0.15) is 0 Å². The van der Waals surface area contributed by atoms with E-state index >= 15 is 0 Å². The number of aromatic nitrogens is 1. The highest BCUT2D eigenvalue weighted by molar-refractivity contribution is 5.93. The summed E-state index contributed by atoms with van der Waals surface area (Å²) in [5.74, 6) is 1.33. The molecule has 1 fully saturated rings. The smallest absolute Gasteiger partial charge is 0.238 e. The number of methoxy groups -OCH3 is 1. The lowest BCUT2D eigenvalue weighted by atomic mass is 9.93.